The van der Waals surface area contributed by atoms with Crippen LogP contribution in [0.5, 0.6) is 0 Å². The van der Waals surface area contributed by atoms with E-state index in [1.807, 2.05) is 0 Å². The van der Waals surface area contributed by atoms with Crippen LogP contribution in [0.2, 0.25) is 0 Å². The van der Waals surface area contributed by atoms with Crippen LogP contribution in [0.1, 0.15) is 44.1 Å². The summed E-state index contributed by atoms with van der Waals surface area (Å²) in [6.07, 6.45) is 8.34. The fraction of sp³-hybridized carbons (Fsp3) is 0.647. The third-order valence-corrected chi connectivity index (χ3v) is 4.77. The van der Waals surface area contributed by atoms with Crippen molar-refractivity contribution in [1.29, 1.82) is 0 Å². The lowest BCUT2D eigenvalue weighted by Crippen LogP contribution is -2.35. The number of rotatable bonds is 7. The Kier molecular flexibility index (Phi) is 7.05. The van der Waals surface area contributed by atoms with Crippen molar-refractivity contribution in [3.05, 3.63) is 34.3 Å². The fourth-order valence-corrected chi connectivity index (χ4v) is 3.48. The van der Waals surface area contributed by atoms with Gasteiger partial charge in [-0.2, -0.15) is 0 Å². The van der Waals surface area contributed by atoms with E-state index in [9.17, 15) is 0 Å². The summed E-state index contributed by atoms with van der Waals surface area (Å²) in [5.41, 5.74) is 1.35. The van der Waals surface area contributed by atoms with Gasteiger partial charge in [0.1, 0.15) is 0 Å². The first-order valence-electron chi connectivity index (χ1n) is 7.91. The molecule has 0 unspecified atom stereocenters. The lowest BCUT2D eigenvalue weighted by molar-refractivity contribution is 0.189. The summed E-state index contributed by atoms with van der Waals surface area (Å²) in [5, 5.41) is 3.54. The summed E-state index contributed by atoms with van der Waals surface area (Å²) in [5.74, 6) is 0. The molecule has 112 valence electrons. The predicted molar refractivity (Wildman–Crippen MR) is 90.0 cm³/mol. The van der Waals surface area contributed by atoms with Crippen molar-refractivity contribution in [2.45, 2.75) is 51.1 Å². The van der Waals surface area contributed by atoms with Gasteiger partial charge < -0.3 is 10.2 Å². The third kappa shape index (κ3) is 5.55. The molecule has 1 fully saturated rings. The Morgan fingerprint density at radius 2 is 2.05 bits per heavy atom. The number of halogens is 1. The monoisotopic (exact) mass is 338 g/mol. The summed E-state index contributed by atoms with van der Waals surface area (Å²) in [4.78, 5) is 2.57. The van der Waals surface area contributed by atoms with Gasteiger partial charge in [0.15, 0.2) is 0 Å². The Hall–Kier alpha value is -0.380. The molecule has 2 nitrogen and oxygen atoms in total. The van der Waals surface area contributed by atoms with Crippen LogP contribution < -0.4 is 5.32 Å². The molecule has 1 aliphatic rings. The van der Waals surface area contributed by atoms with Gasteiger partial charge in [-0.05, 0) is 57.1 Å². The molecular weight excluding hydrogens is 312 g/mol. The van der Waals surface area contributed by atoms with E-state index in [0.29, 0.717) is 0 Å². The molecule has 0 heterocycles. The second kappa shape index (κ2) is 8.81. The van der Waals surface area contributed by atoms with Crippen LogP contribution in [0, 0.1) is 0 Å². The van der Waals surface area contributed by atoms with Crippen LogP contribution in [0.4, 0.5) is 0 Å². The first-order chi connectivity index (χ1) is 9.75. The molecule has 0 radical (unpaired) electrons. The van der Waals surface area contributed by atoms with E-state index in [1.54, 1.807) is 0 Å². The van der Waals surface area contributed by atoms with Gasteiger partial charge in [-0.15, -0.1) is 0 Å². The van der Waals surface area contributed by atoms with E-state index in [4.69, 9.17) is 0 Å². The lowest BCUT2D eigenvalue weighted by Gasteiger charge is -2.31. The van der Waals surface area contributed by atoms with Crippen LogP contribution in [0.3, 0.4) is 0 Å². The molecular formula is C17H27BrN2. The molecule has 1 saturated carbocycles. The number of nitrogens with one attached hydrogen (secondary N) is 1. The second-order valence-electron chi connectivity index (χ2n) is 5.93. The molecule has 0 saturated heterocycles. The number of benzene rings is 1. The van der Waals surface area contributed by atoms with Gasteiger partial charge in [0.05, 0.1) is 0 Å². The highest BCUT2D eigenvalue weighted by Crippen LogP contribution is 2.21. The molecule has 0 bridgehead atoms. The van der Waals surface area contributed by atoms with Crippen molar-refractivity contribution in [1.82, 2.24) is 10.2 Å². The Bertz CT molecular complexity index is 388. The van der Waals surface area contributed by atoms with E-state index in [0.717, 1.165) is 23.6 Å². The van der Waals surface area contributed by atoms with Crippen LogP contribution in [0.15, 0.2) is 28.7 Å². The smallest absolute Gasteiger partial charge is 0.0205 e. The zero-order valence-electron chi connectivity index (χ0n) is 12.6. The molecule has 1 aromatic rings. The number of hydrogen-bond donors (Lipinski definition) is 1. The lowest BCUT2D eigenvalue weighted by atomic mass is 9.94. The topological polar surface area (TPSA) is 15.3 Å². The second-order valence-corrected chi connectivity index (χ2v) is 6.85. The summed E-state index contributed by atoms with van der Waals surface area (Å²) in [7, 11) is 2.30. The summed E-state index contributed by atoms with van der Waals surface area (Å²) >= 11 is 3.51. The summed E-state index contributed by atoms with van der Waals surface area (Å²) in [6.45, 7) is 3.28. The van der Waals surface area contributed by atoms with Crippen LogP contribution in [-0.4, -0.2) is 31.1 Å². The molecule has 1 aliphatic carbocycles. The molecule has 0 amide bonds. The SMILES string of the molecule is CN(CCCNCc1cccc(Br)c1)C1CCCCC1. The van der Waals surface area contributed by atoms with Crippen molar-refractivity contribution in [2.75, 3.05) is 20.1 Å². The van der Waals surface area contributed by atoms with Crippen LogP contribution in [0.25, 0.3) is 0 Å². The molecule has 0 atom stereocenters. The Morgan fingerprint density at radius 1 is 1.25 bits per heavy atom. The van der Waals surface area contributed by atoms with E-state index in [-0.39, 0.29) is 0 Å². The molecule has 0 spiro atoms. The van der Waals surface area contributed by atoms with Crippen molar-refractivity contribution >= 4 is 15.9 Å². The minimum Gasteiger partial charge on any atom is -0.313 e. The van der Waals surface area contributed by atoms with Gasteiger partial charge in [-0.25, -0.2) is 0 Å². The van der Waals surface area contributed by atoms with Gasteiger partial charge in [-0.1, -0.05) is 47.3 Å². The van der Waals surface area contributed by atoms with Gasteiger partial charge in [-0.3, -0.25) is 0 Å². The average molecular weight is 339 g/mol. The highest BCUT2D eigenvalue weighted by molar-refractivity contribution is 9.10. The van der Waals surface area contributed by atoms with E-state index < -0.39 is 0 Å². The number of nitrogens with zero attached hydrogens (tertiary/aromatic N) is 1. The van der Waals surface area contributed by atoms with Gasteiger partial charge >= 0.3 is 0 Å². The van der Waals surface area contributed by atoms with Gasteiger partial charge in [0.25, 0.3) is 0 Å². The zero-order valence-corrected chi connectivity index (χ0v) is 14.2. The van der Waals surface area contributed by atoms with E-state index in [2.05, 4.69) is 57.5 Å². The van der Waals surface area contributed by atoms with Crippen LogP contribution >= 0.6 is 15.9 Å². The quantitative estimate of drug-likeness (QED) is 0.749. The molecule has 1 aromatic carbocycles. The first-order valence-corrected chi connectivity index (χ1v) is 8.70. The molecule has 3 heteroatoms. The average Bonchev–Trinajstić information content (AvgIpc) is 2.48. The fourth-order valence-electron chi connectivity index (χ4n) is 3.04. The normalized spacial score (nSPS) is 16.8. The zero-order chi connectivity index (χ0) is 14.2. The van der Waals surface area contributed by atoms with Crippen molar-refractivity contribution < 1.29 is 0 Å². The molecule has 0 aliphatic heterocycles. The molecule has 1 N–H and O–H groups in total. The molecule has 0 aromatic heterocycles. The summed E-state index contributed by atoms with van der Waals surface area (Å²) < 4.78 is 1.16. The van der Waals surface area contributed by atoms with E-state index >= 15 is 0 Å². The Balaban J connectivity index is 1.57. The maximum atomic E-state index is 3.54. The number of hydrogen-bond acceptors (Lipinski definition) is 2. The summed E-state index contributed by atoms with van der Waals surface area (Å²) in [6, 6.07) is 9.36. The highest BCUT2D eigenvalue weighted by atomic mass is 79.9. The maximum Gasteiger partial charge on any atom is 0.0205 e. The van der Waals surface area contributed by atoms with Crippen molar-refractivity contribution in [3.8, 4) is 0 Å². The predicted octanol–water partition coefficient (Wildman–Crippen LogP) is 4.19. The van der Waals surface area contributed by atoms with Gasteiger partial charge in [0, 0.05) is 17.1 Å². The van der Waals surface area contributed by atoms with Crippen molar-refractivity contribution in [2.24, 2.45) is 0 Å². The standard InChI is InChI=1S/C17H27BrN2/c1-20(17-9-3-2-4-10-17)12-6-11-19-14-15-7-5-8-16(18)13-15/h5,7-8,13,17,19H,2-4,6,9-12,14H2,1H3. The minimum absolute atomic E-state index is 0.842. The largest absolute Gasteiger partial charge is 0.313 e. The first kappa shape index (κ1) is 16.0. The molecule has 20 heavy (non-hydrogen) atoms. The maximum absolute atomic E-state index is 3.54. The Morgan fingerprint density at radius 3 is 2.80 bits per heavy atom. The minimum atomic E-state index is 0.842. The van der Waals surface area contributed by atoms with Gasteiger partial charge in [0.2, 0.25) is 0 Å². The van der Waals surface area contributed by atoms with Crippen molar-refractivity contribution in [3.63, 3.8) is 0 Å². The van der Waals surface area contributed by atoms with Crippen LogP contribution in [-0.2, 0) is 6.54 Å². The van der Waals surface area contributed by atoms with E-state index in [1.165, 1.54) is 50.6 Å². The third-order valence-electron chi connectivity index (χ3n) is 4.28. The highest BCUT2D eigenvalue weighted by Gasteiger charge is 2.16. The molecule has 2 rings (SSSR count). The Labute approximate surface area is 132 Å².